The van der Waals surface area contributed by atoms with Crippen LogP contribution in [-0.2, 0) is 16.1 Å². The number of hydrogen-bond acceptors (Lipinski definition) is 3. The molecule has 2 atom stereocenters. The lowest BCUT2D eigenvalue weighted by molar-refractivity contribution is -0.150. The van der Waals surface area contributed by atoms with Crippen molar-refractivity contribution < 1.29 is 28.9 Å². The summed E-state index contributed by atoms with van der Waals surface area (Å²) in [5, 5.41) is 19.0. The first-order valence-electron chi connectivity index (χ1n) is 8.37. The van der Waals surface area contributed by atoms with Crippen LogP contribution in [0.2, 0.25) is 0 Å². The number of carbonyl (C=O) groups is 2. The molecule has 1 amide bonds. The second-order valence-electron chi connectivity index (χ2n) is 7.19. The van der Waals surface area contributed by atoms with Gasteiger partial charge in [-0.15, -0.1) is 0 Å². The van der Waals surface area contributed by atoms with Crippen molar-refractivity contribution in [2.24, 2.45) is 5.41 Å². The molecule has 136 valence electrons. The smallest absolute Gasteiger partial charge is 0.408 e. The van der Waals surface area contributed by atoms with E-state index in [9.17, 15) is 24.2 Å². The molecule has 0 aromatic heterocycles. The number of alkyl halides is 1. The van der Waals surface area contributed by atoms with E-state index in [4.69, 9.17) is 4.74 Å². The Balaban J connectivity index is 1.67. The molecule has 2 fully saturated rings. The van der Waals surface area contributed by atoms with Crippen LogP contribution in [0, 0.1) is 5.41 Å². The molecule has 1 aromatic carbocycles. The van der Waals surface area contributed by atoms with Gasteiger partial charge >= 0.3 is 12.1 Å². The fourth-order valence-corrected chi connectivity index (χ4v) is 3.75. The van der Waals surface area contributed by atoms with Gasteiger partial charge in [-0.2, -0.15) is 0 Å². The van der Waals surface area contributed by atoms with E-state index >= 15 is 0 Å². The Bertz CT molecular complexity index is 648. The van der Waals surface area contributed by atoms with Gasteiger partial charge in [0.1, 0.15) is 11.7 Å². The lowest BCUT2D eigenvalue weighted by atomic mass is 9.83. The first-order chi connectivity index (χ1) is 11.9. The van der Waals surface area contributed by atoms with Gasteiger partial charge in [-0.3, -0.25) is 4.90 Å². The maximum Gasteiger partial charge on any atom is 0.408 e. The number of halogens is 1. The molecule has 25 heavy (non-hydrogen) atoms. The van der Waals surface area contributed by atoms with Crippen molar-refractivity contribution in [3.8, 4) is 0 Å². The summed E-state index contributed by atoms with van der Waals surface area (Å²) in [6, 6.07) is 9.62. The van der Waals surface area contributed by atoms with E-state index in [1.807, 2.05) is 30.3 Å². The molecule has 3 rings (SSSR count). The first-order valence-corrected chi connectivity index (χ1v) is 8.37. The summed E-state index contributed by atoms with van der Waals surface area (Å²) in [6.07, 6.45) is -1.51. The second kappa shape index (κ2) is 6.63. The molecule has 1 heterocycles. The summed E-state index contributed by atoms with van der Waals surface area (Å²) in [5.41, 5.74) is -1.06. The molecule has 1 aliphatic heterocycles. The van der Waals surface area contributed by atoms with E-state index in [-0.39, 0.29) is 24.8 Å². The molecule has 2 N–H and O–H groups in total. The topological polar surface area (TPSA) is 87.1 Å². The Morgan fingerprint density at radius 3 is 2.48 bits per heavy atom. The van der Waals surface area contributed by atoms with Gasteiger partial charge < -0.3 is 14.9 Å². The van der Waals surface area contributed by atoms with Gasteiger partial charge in [-0.25, -0.2) is 14.0 Å². The van der Waals surface area contributed by atoms with Gasteiger partial charge in [0.05, 0.1) is 19.8 Å². The van der Waals surface area contributed by atoms with Crippen LogP contribution in [0.1, 0.15) is 31.2 Å². The highest BCUT2D eigenvalue weighted by Gasteiger charge is 2.60. The number of aliphatic carboxylic acids is 1. The number of amides is 1. The van der Waals surface area contributed by atoms with Crippen molar-refractivity contribution in [3.05, 3.63) is 35.9 Å². The zero-order valence-electron chi connectivity index (χ0n) is 13.9. The minimum Gasteiger partial charge on any atom is -0.479 e. The van der Waals surface area contributed by atoms with Crippen LogP contribution in [0.4, 0.5) is 9.18 Å². The molecule has 1 saturated heterocycles. The number of carboxylic acids is 1. The molecular formula is C18H22FNO5. The van der Waals surface area contributed by atoms with Crippen molar-refractivity contribution in [1.82, 2.24) is 4.90 Å². The normalized spacial score (nSPS) is 27.2. The number of nitrogens with zero attached hydrogens (tertiary/aromatic N) is 1. The summed E-state index contributed by atoms with van der Waals surface area (Å²) < 4.78 is 19.6. The molecule has 0 radical (unpaired) electrons. The molecule has 1 aromatic rings. The number of carboxylic acid groups (broad SMARTS) is 2. The molecule has 7 heteroatoms. The van der Waals surface area contributed by atoms with Gasteiger partial charge in [-0.05, 0) is 30.2 Å². The standard InChI is InChI=1S/C18H22FNO5/c19-14-8-18(15(21)22,20(9-14)16(23)24)11-17(6-7-17)12-25-10-13-4-2-1-3-5-13/h1-5,14H,6-12H2,(H,21,22)(H,23,24)/t14-,18+/m1/s1. The van der Waals surface area contributed by atoms with E-state index in [0.29, 0.717) is 13.2 Å². The van der Waals surface area contributed by atoms with Crippen molar-refractivity contribution in [2.45, 2.75) is 44.0 Å². The summed E-state index contributed by atoms with van der Waals surface area (Å²) in [7, 11) is 0. The Hall–Kier alpha value is -2.15. The highest BCUT2D eigenvalue weighted by atomic mass is 19.1. The predicted molar refractivity (Wildman–Crippen MR) is 87.0 cm³/mol. The van der Waals surface area contributed by atoms with Gasteiger partial charge in [0.2, 0.25) is 0 Å². The maximum absolute atomic E-state index is 13.9. The summed E-state index contributed by atoms with van der Waals surface area (Å²) in [4.78, 5) is 24.1. The predicted octanol–water partition coefficient (Wildman–Crippen LogP) is 2.92. The van der Waals surface area contributed by atoms with Crippen LogP contribution in [-0.4, -0.2) is 52.0 Å². The largest absolute Gasteiger partial charge is 0.479 e. The van der Waals surface area contributed by atoms with Crippen LogP contribution in [0.3, 0.4) is 0 Å². The van der Waals surface area contributed by atoms with E-state index in [2.05, 4.69) is 0 Å². The van der Waals surface area contributed by atoms with Crippen molar-refractivity contribution in [2.75, 3.05) is 13.2 Å². The third kappa shape index (κ3) is 3.61. The molecular weight excluding hydrogens is 329 g/mol. The molecule has 0 unspecified atom stereocenters. The lowest BCUT2D eigenvalue weighted by Gasteiger charge is -2.35. The van der Waals surface area contributed by atoms with Crippen LogP contribution >= 0.6 is 0 Å². The Labute approximate surface area is 145 Å². The molecule has 0 spiro atoms. The zero-order valence-corrected chi connectivity index (χ0v) is 13.9. The average Bonchev–Trinajstić information content (AvgIpc) is 3.22. The molecule has 1 saturated carbocycles. The van der Waals surface area contributed by atoms with E-state index in [1.54, 1.807) is 0 Å². The summed E-state index contributed by atoms with van der Waals surface area (Å²) in [6.45, 7) is 0.376. The number of benzene rings is 1. The maximum atomic E-state index is 13.9. The quantitative estimate of drug-likeness (QED) is 0.789. The lowest BCUT2D eigenvalue weighted by Crippen LogP contribution is -2.54. The van der Waals surface area contributed by atoms with Crippen LogP contribution in [0.15, 0.2) is 30.3 Å². The van der Waals surface area contributed by atoms with Gasteiger partial charge in [-0.1, -0.05) is 30.3 Å². The Morgan fingerprint density at radius 2 is 1.92 bits per heavy atom. The number of rotatable bonds is 7. The van der Waals surface area contributed by atoms with E-state index < -0.39 is 23.8 Å². The van der Waals surface area contributed by atoms with Gasteiger partial charge in [0.25, 0.3) is 0 Å². The molecule has 6 nitrogen and oxygen atoms in total. The molecule has 1 aliphatic carbocycles. The number of ether oxygens (including phenoxy) is 1. The minimum atomic E-state index is -1.70. The Kier molecular flexibility index (Phi) is 4.69. The summed E-state index contributed by atoms with van der Waals surface area (Å²) in [5.74, 6) is -1.27. The van der Waals surface area contributed by atoms with Crippen LogP contribution in [0.5, 0.6) is 0 Å². The van der Waals surface area contributed by atoms with Crippen LogP contribution < -0.4 is 0 Å². The first kappa shape index (κ1) is 17.7. The number of likely N-dealkylation sites (tertiary alicyclic amines) is 1. The monoisotopic (exact) mass is 351 g/mol. The zero-order chi connectivity index (χ0) is 18.1. The third-order valence-corrected chi connectivity index (χ3v) is 5.23. The van der Waals surface area contributed by atoms with Gasteiger partial charge in [0, 0.05) is 6.42 Å². The third-order valence-electron chi connectivity index (χ3n) is 5.23. The van der Waals surface area contributed by atoms with E-state index in [1.165, 1.54) is 0 Å². The SMILES string of the molecule is O=C(O)N1C[C@H](F)C[C@]1(CC1(COCc2ccccc2)CC1)C(=O)O. The fraction of sp³-hybridized carbons (Fsp3) is 0.556. The van der Waals surface area contributed by atoms with Crippen molar-refractivity contribution in [3.63, 3.8) is 0 Å². The van der Waals surface area contributed by atoms with Crippen molar-refractivity contribution in [1.29, 1.82) is 0 Å². The highest BCUT2D eigenvalue weighted by molar-refractivity contribution is 5.85. The van der Waals surface area contributed by atoms with Crippen molar-refractivity contribution >= 4 is 12.1 Å². The van der Waals surface area contributed by atoms with Gasteiger partial charge in [0.15, 0.2) is 0 Å². The van der Waals surface area contributed by atoms with Crippen LogP contribution in [0.25, 0.3) is 0 Å². The Morgan fingerprint density at radius 1 is 1.24 bits per heavy atom. The highest BCUT2D eigenvalue weighted by Crippen LogP contribution is 2.55. The average molecular weight is 351 g/mol. The fourth-order valence-electron chi connectivity index (χ4n) is 3.75. The minimum absolute atomic E-state index is 0.0941. The molecule has 2 aliphatic rings. The second-order valence-corrected chi connectivity index (χ2v) is 7.19. The number of hydrogen-bond donors (Lipinski definition) is 2. The summed E-state index contributed by atoms with van der Waals surface area (Å²) >= 11 is 0. The molecule has 0 bridgehead atoms. The van der Waals surface area contributed by atoms with E-state index in [0.717, 1.165) is 23.3 Å².